The molecule has 2 N–H and O–H groups in total. The second-order valence-corrected chi connectivity index (χ2v) is 5.35. The Morgan fingerprint density at radius 3 is 2.80 bits per heavy atom. The van der Waals surface area contributed by atoms with Crippen molar-refractivity contribution in [3.8, 4) is 5.75 Å². The molecule has 0 saturated heterocycles. The van der Waals surface area contributed by atoms with Gasteiger partial charge in [0.05, 0.1) is 18.1 Å². The van der Waals surface area contributed by atoms with Gasteiger partial charge in [-0.1, -0.05) is 6.92 Å². The van der Waals surface area contributed by atoms with Gasteiger partial charge in [-0.3, -0.25) is 0 Å². The number of rotatable bonds is 7. The van der Waals surface area contributed by atoms with Gasteiger partial charge in [0.25, 0.3) is 0 Å². The van der Waals surface area contributed by atoms with Crippen LogP contribution in [0.5, 0.6) is 5.75 Å². The van der Waals surface area contributed by atoms with E-state index in [9.17, 15) is 0 Å². The van der Waals surface area contributed by atoms with Crippen LogP contribution < -0.4 is 10.5 Å². The molecule has 0 amide bonds. The fourth-order valence-electron chi connectivity index (χ4n) is 2.63. The van der Waals surface area contributed by atoms with Gasteiger partial charge in [-0.25, -0.2) is 4.98 Å². The highest BCUT2D eigenvalue weighted by Crippen LogP contribution is 2.23. The van der Waals surface area contributed by atoms with Crippen molar-refractivity contribution in [3.63, 3.8) is 0 Å². The zero-order valence-corrected chi connectivity index (χ0v) is 12.7. The highest BCUT2D eigenvalue weighted by molar-refractivity contribution is 5.77. The molecule has 0 aliphatic rings. The summed E-state index contributed by atoms with van der Waals surface area (Å²) in [4.78, 5) is 4.78. The quantitative estimate of drug-likeness (QED) is 0.845. The number of hydrogen-bond acceptors (Lipinski definition) is 3. The van der Waals surface area contributed by atoms with Gasteiger partial charge in [-0.15, -0.1) is 0 Å². The van der Waals surface area contributed by atoms with Crippen molar-refractivity contribution < 1.29 is 4.74 Å². The normalized spacial score (nSPS) is 12.8. The van der Waals surface area contributed by atoms with Crippen LogP contribution in [0.25, 0.3) is 11.0 Å². The van der Waals surface area contributed by atoms with Gasteiger partial charge in [-0.2, -0.15) is 0 Å². The lowest BCUT2D eigenvalue weighted by Gasteiger charge is -2.10. The van der Waals surface area contributed by atoms with Crippen molar-refractivity contribution >= 4 is 11.0 Å². The van der Waals surface area contributed by atoms with Crippen molar-refractivity contribution in [2.24, 2.45) is 11.7 Å². The van der Waals surface area contributed by atoms with Crippen LogP contribution in [-0.2, 0) is 13.0 Å². The lowest BCUT2D eigenvalue weighted by Crippen LogP contribution is -2.08. The fourth-order valence-corrected chi connectivity index (χ4v) is 2.63. The van der Waals surface area contributed by atoms with E-state index in [4.69, 9.17) is 15.5 Å². The number of aromatic nitrogens is 2. The molecule has 0 bridgehead atoms. The van der Waals surface area contributed by atoms with Gasteiger partial charge in [0.15, 0.2) is 0 Å². The standard InChI is InChI=1S/C16H25N3O/c1-4-19-15-7-6-13(20-3)11-14(15)18-16(19)8-5-12(2)9-10-17/h6-7,11-12H,4-5,8-10,17H2,1-3H3. The molecule has 4 heteroatoms. The molecule has 20 heavy (non-hydrogen) atoms. The maximum absolute atomic E-state index is 5.61. The highest BCUT2D eigenvalue weighted by atomic mass is 16.5. The van der Waals surface area contributed by atoms with E-state index in [1.807, 2.05) is 12.1 Å². The van der Waals surface area contributed by atoms with Gasteiger partial charge < -0.3 is 15.0 Å². The first-order chi connectivity index (χ1) is 9.69. The van der Waals surface area contributed by atoms with E-state index < -0.39 is 0 Å². The summed E-state index contributed by atoms with van der Waals surface area (Å²) in [6, 6.07) is 6.10. The third-order valence-corrected chi connectivity index (χ3v) is 3.87. The first-order valence-electron chi connectivity index (χ1n) is 7.42. The summed E-state index contributed by atoms with van der Waals surface area (Å²) in [6.45, 7) is 6.14. The van der Waals surface area contributed by atoms with Crippen LogP contribution >= 0.6 is 0 Å². The van der Waals surface area contributed by atoms with E-state index in [-0.39, 0.29) is 0 Å². The Bertz CT molecular complexity index is 562. The number of hydrogen-bond donors (Lipinski definition) is 1. The molecule has 0 radical (unpaired) electrons. The molecule has 4 nitrogen and oxygen atoms in total. The molecular formula is C16H25N3O. The monoisotopic (exact) mass is 275 g/mol. The molecule has 2 aromatic rings. The minimum Gasteiger partial charge on any atom is -0.497 e. The van der Waals surface area contributed by atoms with Crippen LogP contribution in [0.1, 0.15) is 32.5 Å². The molecule has 110 valence electrons. The molecule has 2 rings (SSSR count). The summed E-state index contributed by atoms with van der Waals surface area (Å²) < 4.78 is 7.57. The van der Waals surface area contributed by atoms with Gasteiger partial charge in [0, 0.05) is 19.0 Å². The molecule has 1 heterocycles. The Hall–Kier alpha value is -1.55. The summed E-state index contributed by atoms with van der Waals surface area (Å²) >= 11 is 0. The Kier molecular flexibility index (Phi) is 5.01. The zero-order valence-electron chi connectivity index (χ0n) is 12.7. The van der Waals surface area contributed by atoms with Gasteiger partial charge in [-0.05, 0) is 44.4 Å². The van der Waals surface area contributed by atoms with Crippen LogP contribution in [0.15, 0.2) is 18.2 Å². The molecule has 0 aliphatic heterocycles. The molecule has 0 saturated carbocycles. The maximum Gasteiger partial charge on any atom is 0.121 e. The minimum atomic E-state index is 0.652. The SMILES string of the molecule is CCn1c(CCC(C)CCN)nc2cc(OC)ccc21. The van der Waals surface area contributed by atoms with Crippen molar-refractivity contribution in [2.75, 3.05) is 13.7 Å². The molecule has 1 aromatic heterocycles. The highest BCUT2D eigenvalue weighted by Gasteiger charge is 2.11. The number of imidazole rings is 1. The number of fused-ring (bicyclic) bond motifs is 1. The van der Waals surface area contributed by atoms with Crippen LogP contribution in [0.2, 0.25) is 0 Å². The van der Waals surface area contributed by atoms with E-state index >= 15 is 0 Å². The number of nitrogens with two attached hydrogens (primary N) is 1. The largest absolute Gasteiger partial charge is 0.497 e. The van der Waals surface area contributed by atoms with E-state index in [1.54, 1.807) is 7.11 Å². The molecule has 0 fully saturated rings. The number of benzene rings is 1. The lowest BCUT2D eigenvalue weighted by atomic mass is 10.0. The summed E-state index contributed by atoms with van der Waals surface area (Å²) in [7, 11) is 1.69. The lowest BCUT2D eigenvalue weighted by molar-refractivity contribution is 0.415. The maximum atomic E-state index is 5.61. The first-order valence-corrected chi connectivity index (χ1v) is 7.42. The average molecular weight is 275 g/mol. The van der Waals surface area contributed by atoms with Gasteiger partial charge >= 0.3 is 0 Å². The molecule has 1 unspecified atom stereocenters. The number of methoxy groups -OCH3 is 1. The van der Waals surface area contributed by atoms with Crippen LogP contribution in [0.4, 0.5) is 0 Å². The van der Waals surface area contributed by atoms with E-state index in [0.717, 1.165) is 43.6 Å². The van der Waals surface area contributed by atoms with E-state index in [0.29, 0.717) is 5.92 Å². The van der Waals surface area contributed by atoms with Crippen molar-refractivity contribution in [1.82, 2.24) is 9.55 Å². The molecule has 0 aliphatic carbocycles. The van der Waals surface area contributed by atoms with Gasteiger partial charge in [0.1, 0.15) is 11.6 Å². The predicted molar refractivity (Wildman–Crippen MR) is 83.1 cm³/mol. The Morgan fingerprint density at radius 2 is 2.15 bits per heavy atom. The van der Waals surface area contributed by atoms with Crippen LogP contribution in [0, 0.1) is 5.92 Å². The number of ether oxygens (including phenoxy) is 1. The number of aryl methyl sites for hydroxylation is 2. The fraction of sp³-hybridized carbons (Fsp3) is 0.562. The van der Waals surface area contributed by atoms with Crippen molar-refractivity contribution in [2.45, 2.75) is 39.7 Å². The van der Waals surface area contributed by atoms with Gasteiger partial charge in [0.2, 0.25) is 0 Å². The first kappa shape index (κ1) is 14.9. The van der Waals surface area contributed by atoms with Crippen molar-refractivity contribution in [1.29, 1.82) is 0 Å². The van der Waals surface area contributed by atoms with Crippen molar-refractivity contribution in [3.05, 3.63) is 24.0 Å². The Morgan fingerprint density at radius 1 is 1.35 bits per heavy atom. The van der Waals surface area contributed by atoms with E-state index in [2.05, 4.69) is 24.5 Å². The molecule has 1 aromatic carbocycles. The second-order valence-electron chi connectivity index (χ2n) is 5.35. The van der Waals surface area contributed by atoms with E-state index in [1.165, 1.54) is 11.3 Å². The third-order valence-electron chi connectivity index (χ3n) is 3.87. The summed E-state index contributed by atoms with van der Waals surface area (Å²) in [6.07, 6.45) is 3.23. The molecular weight excluding hydrogens is 250 g/mol. The average Bonchev–Trinajstić information content (AvgIpc) is 2.81. The summed E-state index contributed by atoms with van der Waals surface area (Å²) in [5, 5.41) is 0. The topological polar surface area (TPSA) is 53.1 Å². The Balaban J connectivity index is 2.23. The van der Waals surface area contributed by atoms with Crippen LogP contribution in [-0.4, -0.2) is 23.2 Å². The van der Waals surface area contributed by atoms with Crippen LogP contribution in [0.3, 0.4) is 0 Å². The minimum absolute atomic E-state index is 0.652. The third kappa shape index (κ3) is 3.12. The number of nitrogens with zero attached hydrogens (tertiary/aromatic N) is 2. The Labute approximate surface area is 120 Å². The summed E-state index contributed by atoms with van der Waals surface area (Å²) in [5.41, 5.74) is 7.82. The molecule has 0 spiro atoms. The zero-order chi connectivity index (χ0) is 14.5. The predicted octanol–water partition coefficient (Wildman–Crippen LogP) is 2.98. The summed E-state index contributed by atoms with van der Waals surface area (Å²) in [5.74, 6) is 2.68. The smallest absolute Gasteiger partial charge is 0.121 e. The molecule has 1 atom stereocenters. The second kappa shape index (κ2) is 6.75.